The molecule has 0 spiro atoms. The standard InChI is InChI=1S/C21H27N3O6S/c1-22(15-17-4-2-11-28-17)21(25)16-23-7-9-24(10-8-23)31(26,27)18-5-6-19-20(14-18)30-13-3-12-29-19/h2,4-6,11,14H,3,7-10,12-13,15-16H2,1H3. The molecule has 2 aliphatic heterocycles. The topological polar surface area (TPSA) is 92.5 Å². The second-order valence-corrected chi connectivity index (χ2v) is 9.61. The van der Waals surface area contributed by atoms with Gasteiger partial charge in [-0.1, -0.05) is 0 Å². The fourth-order valence-corrected chi connectivity index (χ4v) is 5.06. The van der Waals surface area contributed by atoms with Crippen LogP contribution in [0.5, 0.6) is 11.5 Å². The van der Waals surface area contributed by atoms with Crippen molar-refractivity contribution in [2.75, 3.05) is 53.0 Å². The summed E-state index contributed by atoms with van der Waals surface area (Å²) in [5.41, 5.74) is 0. The first-order chi connectivity index (χ1) is 14.9. The fourth-order valence-electron chi connectivity index (χ4n) is 3.62. The van der Waals surface area contributed by atoms with Crippen LogP contribution >= 0.6 is 0 Å². The van der Waals surface area contributed by atoms with Crippen LogP contribution in [0.4, 0.5) is 0 Å². The Hall–Kier alpha value is -2.56. The van der Waals surface area contributed by atoms with Crippen LogP contribution < -0.4 is 9.47 Å². The highest BCUT2D eigenvalue weighted by atomic mass is 32.2. The van der Waals surface area contributed by atoms with Crippen LogP contribution in [0.25, 0.3) is 0 Å². The summed E-state index contributed by atoms with van der Waals surface area (Å²) >= 11 is 0. The normalized spacial score (nSPS) is 17.8. The van der Waals surface area contributed by atoms with Gasteiger partial charge in [0.05, 0.1) is 37.5 Å². The molecule has 0 radical (unpaired) electrons. The predicted molar refractivity (Wildman–Crippen MR) is 112 cm³/mol. The van der Waals surface area contributed by atoms with Crippen LogP contribution in [0.1, 0.15) is 12.2 Å². The van der Waals surface area contributed by atoms with Gasteiger partial charge in [0.2, 0.25) is 15.9 Å². The van der Waals surface area contributed by atoms with E-state index in [0.29, 0.717) is 57.4 Å². The number of nitrogens with zero attached hydrogens (tertiary/aromatic N) is 3. The first kappa shape index (κ1) is 21.7. The van der Waals surface area contributed by atoms with Crippen LogP contribution in [-0.4, -0.2) is 81.4 Å². The van der Waals surface area contributed by atoms with Gasteiger partial charge >= 0.3 is 0 Å². The number of hydrogen-bond donors (Lipinski definition) is 0. The molecular weight excluding hydrogens is 422 g/mol. The molecule has 2 aromatic rings. The van der Waals surface area contributed by atoms with Crippen molar-refractivity contribution in [3.05, 3.63) is 42.4 Å². The van der Waals surface area contributed by atoms with Gasteiger partial charge in [0, 0.05) is 45.7 Å². The highest BCUT2D eigenvalue weighted by molar-refractivity contribution is 7.89. The molecule has 3 heterocycles. The molecule has 2 aliphatic rings. The lowest BCUT2D eigenvalue weighted by Crippen LogP contribution is -2.51. The molecule has 1 amide bonds. The third-order valence-corrected chi connectivity index (χ3v) is 7.34. The summed E-state index contributed by atoms with van der Waals surface area (Å²) in [4.78, 5) is 16.3. The Morgan fingerprint density at radius 3 is 2.52 bits per heavy atom. The molecule has 10 heteroatoms. The van der Waals surface area contributed by atoms with Gasteiger partial charge in [-0.2, -0.15) is 4.31 Å². The summed E-state index contributed by atoms with van der Waals surface area (Å²) in [7, 11) is -1.91. The summed E-state index contributed by atoms with van der Waals surface area (Å²) in [6.07, 6.45) is 2.34. The highest BCUT2D eigenvalue weighted by Crippen LogP contribution is 2.33. The van der Waals surface area contributed by atoms with Gasteiger partial charge in [-0.05, 0) is 24.3 Å². The van der Waals surface area contributed by atoms with Crippen molar-refractivity contribution in [1.82, 2.24) is 14.1 Å². The van der Waals surface area contributed by atoms with E-state index >= 15 is 0 Å². The summed E-state index contributed by atoms with van der Waals surface area (Å²) < 4.78 is 44.1. The Kier molecular flexibility index (Phi) is 6.49. The van der Waals surface area contributed by atoms with E-state index in [-0.39, 0.29) is 17.3 Å². The lowest BCUT2D eigenvalue weighted by atomic mass is 10.3. The largest absolute Gasteiger partial charge is 0.490 e. The lowest BCUT2D eigenvalue weighted by molar-refractivity contribution is -0.132. The van der Waals surface area contributed by atoms with E-state index < -0.39 is 10.0 Å². The van der Waals surface area contributed by atoms with Gasteiger partial charge in [-0.15, -0.1) is 0 Å². The minimum Gasteiger partial charge on any atom is -0.490 e. The van der Waals surface area contributed by atoms with Crippen LogP contribution in [0, 0.1) is 0 Å². The van der Waals surface area contributed by atoms with Crippen LogP contribution in [0.2, 0.25) is 0 Å². The number of rotatable bonds is 6. The minimum absolute atomic E-state index is 0.0318. The number of likely N-dealkylation sites (N-methyl/N-ethyl adjacent to an activating group) is 1. The number of ether oxygens (including phenoxy) is 2. The first-order valence-electron chi connectivity index (χ1n) is 10.3. The van der Waals surface area contributed by atoms with E-state index in [4.69, 9.17) is 13.9 Å². The Morgan fingerprint density at radius 1 is 1.06 bits per heavy atom. The molecular formula is C21H27N3O6S. The number of carbonyl (C=O) groups excluding carboxylic acids is 1. The molecule has 0 aliphatic carbocycles. The van der Waals surface area contributed by atoms with E-state index in [2.05, 4.69) is 0 Å². The number of furan rings is 1. The van der Waals surface area contributed by atoms with E-state index in [1.54, 1.807) is 36.4 Å². The van der Waals surface area contributed by atoms with Crippen LogP contribution in [-0.2, 0) is 21.4 Å². The van der Waals surface area contributed by atoms with Gasteiger partial charge in [0.15, 0.2) is 11.5 Å². The molecule has 0 saturated carbocycles. The predicted octanol–water partition coefficient (Wildman–Crippen LogP) is 1.41. The third-order valence-electron chi connectivity index (χ3n) is 5.45. The second kappa shape index (κ2) is 9.29. The molecule has 0 unspecified atom stereocenters. The number of fused-ring (bicyclic) bond motifs is 1. The molecule has 1 aromatic carbocycles. The van der Waals surface area contributed by atoms with Gasteiger partial charge in [0.1, 0.15) is 5.76 Å². The molecule has 9 nitrogen and oxygen atoms in total. The zero-order valence-corrected chi connectivity index (χ0v) is 18.3. The van der Waals surface area contributed by atoms with Crippen molar-refractivity contribution in [1.29, 1.82) is 0 Å². The van der Waals surface area contributed by atoms with Crippen LogP contribution in [0.3, 0.4) is 0 Å². The number of piperazine rings is 1. The van der Waals surface area contributed by atoms with Crippen molar-refractivity contribution >= 4 is 15.9 Å². The van der Waals surface area contributed by atoms with Crippen LogP contribution in [0.15, 0.2) is 45.9 Å². The number of carbonyl (C=O) groups is 1. The Balaban J connectivity index is 1.33. The van der Waals surface area contributed by atoms with Gasteiger partial charge in [0.25, 0.3) is 0 Å². The fraction of sp³-hybridized carbons (Fsp3) is 0.476. The molecule has 0 N–H and O–H groups in total. The van der Waals surface area contributed by atoms with E-state index in [1.807, 2.05) is 11.0 Å². The summed E-state index contributed by atoms with van der Waals surface area (Å²) in [5.74, 6) is 1.72. The smallest absolute Gasteiger partial charge is 0.243 e. The van der Waals surface area contributed by atoms with Crippen molar-refractivity contribution in [3.63, 3.8) is 0 Å². The quantitative estimate of drug-likeness (QED) is 0.658. The molecule has 0 bridgehead atoms. The zero-order chi connectivity index (χ0) is 21.8. The molecule has 1 saturated heterocycles. The summed E-state index contributed by atoms with van der Waals surface area (Å²) in [5, 5.41) is 0. The van der Waals surface area contributed by atoms with E-state index in [1.165, 1.54) is 10.4 Å². The molecule has 168 valence electrons. The Labute approximate surface area is 182 Å². The molecule has 1 fully saturated rings. The van der Waals surface area contributed by atoms with Crippen molar-refractivity contribution < 1.29 is 27.1 Å². The monoisotopic (exact) mass is 449 g/mol. The van der Waals surface area contributed by atoms with E-state index in [0.717, 1.165) is 12.2 Å². The Bertz CT molecular complexity index is 1000. The lowest BCUT2D eigenvalue weighted by Gasteiger charge is -2.34. The minimum atomic E-state index is -3.65. The molecule has 4 rings (SSSR count). The summed E-state index contributed by atoms with van der Waals surface area (Å²) in [6.45, 7) is 3.33. The Morgan fingerprint density at radius 2 is 1.81 bits per heavy atom. The molecule has 31 heavy (non-hydrogen) atoms. The number of hydrogen-bond acceptors (Lipinski definition) is 7. The second-order valence-electron chi connectivity index (χ2n) is 7.67. The maximum Gasteiger partial charge on any atom is 0.243 e. The maximum atomic E-state index is 13.1. The van der Waals surface area contributed by atoms with Crippen molar-refractivity contribution in [2.24, 2.45) is 0 Å². The summed E-state index contributed by atoms with van der Waals surface area (Å²) in [6, 6.07) is 8.36. The SMILES string of the molecule is CN(Cc1ccco1)C(=O)CN1CCN(S(=O)(=O)c2ccc3c(c2)OCCCO3)CC1. The van der Waals surface area contributed by atoms with E-state index in [9.17, 15) is 13.2 Å². The van der Waals surface area contributed by atoms with Crippen molar-refractivity contribution in [3.8, 4) is 11.5 Å². The molecule has 0 atom stereocenters. The van der Waals surface area contributed by atoms with Crippen molar-refractivity contribution in [2.45, 2.75) is 17.9 Å². The zero-order valence-electron chi connectivity index (χ0n) is 17.5. The highest BCUT2D eigenvalue weighted by Gasteiger charge is 2.30. The average Bonchev–Trinajstić information content (AvgIpc) is 3.16. The number of sulfonamides is 1. The molecule has 1 aromatic heterocycles. The van der Waals surface area contributed by atoms with Gasteiger partial charge < -0.3 is 18.8 Å². The number of amides is 1. The first-order valence-corrected chi connectivity index (χ1v) is 11.8. The average molecular weight is 450 g/mol. The van der Waals surface area contributed by atoms with Gasteiger partial charge in [-0.25, -0.2) is 8.42 Å². The maximum absolute atomic E-state index is 13.1. The number of benzene rings is 1. The van der Waals surface area contributed by atoms with Gasteiger partial charge in [-0.3, -0.25) is 9.69 Å². The third kappa shape index (κ3) is 5.03.